The van der Waals surface area contributed by atoms with E-state index in [1.807, 2.05) is 16.7 Å². The molecule has 0 bridgehead atoms. The molecule has 5 nitrogen and oxygen atoms in total. The van der Waals surface area contributed by atoms with Crippen LogP contribution in [0.5, 0.6) is 0 Å². The minimum atomic E-state index is 0.0300. The number of hydrogen-bond acceptors (Lipinski definition) is 3. The normalized spacial score (nSPS) is 17.0. The molecule has 1 aliphatic heterocycles. The van der Waals surface area contributed by atoms with E-state index in [-0.39, 0.29) is 18.4 Å². The summed E-state index contributed by atoms with van der Waals surface area (Å²) < 4.78 is 0. The van der Waals surface area contributed by atoms with Gasteiger partial charge in [-0.1, -0.05) is 0 Å². The van der Waals surface area contributed by atoms with Gasteiger partial charge < -0.3 is 15.5 Å². The maximum atomic E-state index is 11.4. The van der Waals surface area contributed by atoms with Crippen LogP contribution in [0.1, 0.15) is 26.7 Å². The number of amides is 2. The number of carbonyl (C=O) groups excluding carboxylic acids is 2. The zero-order valence-electron chi connectivity index (χ0n) is 10.8. The number of carbonyl (C=O) groups is 2. The molecule has 0 saturated carbocycles. The highest BCUT2D eigenvalue weighted by molar-refractivity contribution is 5.78. The first-order chi connectivity index (χ1) is 8.08. The smallest absolute Gasteiger partial charge is 0.236 e. The summed E-state index contributed by atoms with van der Waals surface area (Å²) in [4.78, 5) is 26.4. The van der Waals surface area contributed by atoms with Crippen molar-refractivity contribution in [2.24, 2.45) is 11.7 Å². The molecule has 0 aromatic rings. The zero-order valence-corrected chi connectivity index (χ0v) is 10.8. The quantitative estimate of drug-likeness (QED) is 0.756. The van der Waals surface area contributed by atoms with Crippen LogP contribution in [0.2, 0.25) is 0 Å². The predicted molar refractivity (Wildman–Crippen MR) is 66.3 cm³/mol. The van der Waals surface area contributed by atoms with E-state index in [0.29, 0.717) is 5.92 Å². The van der Waals surface area contributed by atoms with E-state index >= 15 is 0 Å². The van der Waals surface area contributed by atoms with Crippen LogP contribution in [0.3, 0.4) is 0 Å². The Balaban J connectivity index is 2.36. The molecule has 1 heterocycles. The van der Waals surface area contributed by atoms with Crippen LogP contribution in [0.25, 0.3) is 0 Å². The zero-order chi connectivity index (χ0) is 12.8. The number of rotatable bonds is 4. The van der Waals surface area contributed by atoms with Crippen molar-refractivity contribution in [1.82, 2.24) is 9.80 Å². The van der Waals surface area contributed by atoms with Crippen molar-refractivity contribution in [3.8, 4) is 0 Å². The van der Waals surface area contributed by atoms with E-state index in [0.717, 1.165) is 39.0 Å². The van der Waals surface area contributed by atoms with Crippen molar-refractivity contribution in [2.45, 2.75) is 26.7 Å². The van der Waals surface area contributed by atoms with Gasteiger partial charge in [-0.25, -0.2) is 0 Å². The highest BCUT2D eigenvalue weighted by Crippen LogP contribution is 2.18. The fourth-order valence-corrected chi connectivity index (χ4v) is 2.29. The SMILES string of the molecule is CCN(CC1CCN(C(=O)CN)CC1)C(C)=O. The molecule has 1 aliphatic rings. The maximum absolute atomic E-state index is 11.4. The molecule has 1 saturated heterocycles. The summed E-state index contributed by atoms with van der Waals surface area (Å²) in [5, 5.41) is 0. The van der Waals surface area contributed by atoms with Crippen LogP contribution in [-0.2, 0) is 9.59 Å². The average molecular weight is 241 g/mol. The summed E-state index contributed by atoms with van der Waals surface area (Å²) in [6.07, 6.45) is 1.94. The molecule has 0 atom stereocenters. The first-order valence-electron chi connectivity index (χ1n) is 6.31. The largest absolute Gasteiger partial charge is 0.343 e. The van der Waals surface area contributed by atoms with Gasteiger partial charge in [0.15, 0.2) is 0 Å². The van der Waals surface area contributed by atoms with Crippen molar-refractivity contribution >= 4 is 11.8 Å². The molecule has 0 aliphatic carbocycles. The Labute approximate surface area is 103 Å². The van der Waals surface area contributed by atoms with E-state index in [9.17, 15) is 9.59 Å². The van der Waals surface area contributed by atoms with Gasteiger partial charge in [-0.3, -0.25) is 9.59 Å². The Morgan fingerprint density at radius 1 is 1.35 bits per heavy atom. The minimum Gasteiger partial charge on any atom is -0.343 e. The van der Waals surface area contributed by atoms with Crippen molar-refractivity contribution in [2.75, 3.05) is 32.7 Å². The van der Waals surface area contributed by atoms with E-state index in [2.05, 4.69) is 0 Å². The van der Waals surface area contributed by atoms with E-state index in [4.69, 9.17) is 5.73 Å². The van der Waals surface area contributed by atoms with Gasteiger partial charge in [0.25, 0.3) is 0 Å². The van der Waals surface area contributed by atoms with Crippen LogP contribution < -0.4 is 5.73 Å². The number of nitrogens with zero attached hydrogens (tertiary/aromatic N) is 2. The summed E-state index contributed by atoms with van der Waals surface area (Å²) >= 11 is 0. The Kier molecular flexibility index (Phi) is 5.41. The first kappa shape index (κ1) is 14.0. The summed E-state index contributed by atoms with van der Waals surface area (Å²) in [5.41, 5.74) is 5.34. The van der Waals surface area contributed by atoms with Gasteiger partial charge in [0.2, 0.25) is 11.8 Å². The summed E-state index contributed by atoms with van der Waals surface area (Å²) in [6.45, 7) is 6.82. The number of hydrogen-bond donors (Lipinski definition) is 1. The lowest BCUT2D eigenvalue weighted by Gasteiger charge is -2.34. The Morgan fingerprint density at radius 3 is 2.35 bits per heavy atom. The topological polar surface area (TPSA) is 66.6 Å². The lowest BCUT2D eigenvalue weighted by Crippen LogP contribution is -2.44. The molecule has 17 heavy (non-hydrogen) atoms. The van der Waals surface area contributed by atoms with Gasteiger partial charge in [0, 0.05) is 33.1 Å². The molecule has 0 aromatic heterocycles. The summed E-state index contributed by atoms with van der Waals surface area (Å²) in [6, 6.07) is 0. The fourth-order valence-electron chi connectivity index (χ4n) is 2.29. The highest BCUT2D eigenvalue weighted by atomic mass is 16.2. The second-order valence-electron chi connectivity index (χ2n) is 4.59. The second kappa shape index (κ2) is 6.59. The molecule has 98 valence electrons. The molecule has 0 aromatic carbocycles. The molecule has 2 amide bonds. The van der Waals surface area contributed by atoms with Crippen molar-refractivity contribution in [3.05, 3.63) is 0 Å². The number of nitrogens with two attached hydrogens (primary N) is 1. The van der Waals surface area contributed by atoms with E-state index in [1.165, 1.54) is 0 Å². The summed E-state index contributed by atoms with van der Waals surface area (Å²) in [7, 11) is 0. The van der Waals surface area contributed by atoms with Crippen LogP contribution in [0.4, 0.5) is 0 Å². The third kappa shape index (κ3) is 4.00. The molecular formula is C12H23N3O2. The molecule has 0 radical (unpaired) electrons. The molecule has 0 spiro atoms. The Bertz CT molecular complexity index is 273. The lowest BCUT2D eigenvalue weighted by atomic mass is 9.96. The average Bonchev–Trinajstić information content (AvgIpc) is 2.35. The molecule has 1 fully saturated rings. The maximum Gasteiger partial charge on any atom is 0.236 e. The van der Waals surface area contributed by atoms with Crippen molar-refractivity contribution in [3.63, 3.8) is 0 Å². The molecule has 2 N–H and O–H groups in total. The molecule has 0 unspecified atom stereocenters. The number of piperidine rings is 1. The van der Waals surface area contributed by atoms with E-state index in [1.54, 1.807) is 6.92 Å². The third-order valence-electron chi connectivity index (χ3n) is 3.45. The van der Waals surface area contributed by atoms with Gasteiger partial charge in [-0.05, 0) is 25.7 Å². The van der Waals surface area contributed by atoms with Gasteiger partial charge in [-0.15, -0.1) is 0 Å². The minimum absolute atomic E-state index is 0.0300. The monoisotopic (exact) mass is 241 g/mol. The first-order valence-corrected chi connectivity index (χ1v) is 6.31. The molecule has 5 heteroatoms. The Hall–Kier alpha value is -1.10. The second-order valence-corrected chi connectivity index (χ2v) is 4.59. The van der Waals surface area contributed by atoms with Crippen LogP contribution >= 0.6 is 0 Å². The van der Waals surface area contributed by atoms with Gasteiger partial charge in [0.1, 0.15) is 0 Å². The third-order valence-corrected chi connectivity index (χ3v) is 3.45. The summed E-state index contributed by atoms with van der Waals surface area (Å²) in [5.74, 6) is 0.677. The van der Waals surface area contributed by atoms with Gasteiger partial charge in [0.05, 0.1) is 6.54 Å². The van der Waals surface area contributed by atoms with Crippen molar-refractivity contribution < 1.29 is 9.59 Å². The molecular weight excluding hydrogens is 218 g/mol. The molecule has 1 rings (SSSR count). The van der Waals surface area contributed by atoms with Crippen LogP contribution in [0, 0.1) is 5.92 Å². The van der Waals surface area contributed by atoms with Crippen LogP contribution in [0.15, 0.2) is 0 Å². The van der Waals surface area contributed by atoms with Crippen LogP contribution in [-0.4, -0.2) is 54.3 Å². The Morgan fingerprint density at radius 2 is 1.94 bits per heavy atom. The van der Waals surface area contributed by atoms with Crippen molar-refractivity contribution in [1.29, 1.82) is 0 Å². The highest BCUT2D eigenvalue weighted by Gasteiger charge is 2.23. The standard InChI is InChI=1S/C12H23N3O2/c1-3-14(10(2)16)9-11-4-6-15(7-5-11)12(17)8-13/h11H,3-9,13H2,1-2H3. The lowest BCUT2D eigenvalue weighted by molar-refractivity contribution is -0.133. The predicted octanol–water partition coefficient (Wildman–Crippen LogP) is 0.0521. The number of likely N-dealkylation sites (tertiary alicyclic amines) is 1. The fraction of sp³-hybridized carbons (Fsp3) is 0.833. The van der Waals surface area contributed by atoms with E-state index < -0.39 is 0 Å². The van der Waals surface area contributed by atoms with Gasteiger partial charge in [-0.2, -0.15) is 0 Å². The van der Waals surface area contributed by atoms with Gasteiger partial charge >= 0.3 is 0 Å².